The van der Waals surface area contributed by atoms with Crippen LogP contribution in [0, 0.1) is 0 Å². The Balaban J connectivity index is 1.26. The Kier molecular flexibility index (Phi) is 5.34. The van der Waals surface area contributed by atoms with Crippen molar-refractivity contribution in [1.29, 1.82) is 0 Å². The van der Waals surface area contributed by atoms with E-state index >= 15 is 0 Å². The van der Waals surface area contributed by atoms with E-state index in [1.54, 1.807) is 4.68 Å². The maximum atomic E-state index is 12.6. The largest absolute Gasteiger partial charge is 0.352 e. The predicted octanol–water partition coefficient (Wildman–Crippen LogP) is 0.0161. The summed E-state index contributed by atoms with van der Waals surface area (Å²) in [6, 6.07) is 7.89. The van der Waals surface area contributed by atoms with Crippen molar-refractivity contribution in [2.75, 3.05) is 26.2 Å². The molecule has 0 spiro atoms. The Morgan fingerprint density at radius 1 is 1.14 bits per heavy atom. The number of aromatic nitrogens is 4. The molecule has 2 heterocycles. The van der Waals surface area contributed by atoms with Crippen molar-refractivity contribution in [1.82, 2.24) is 35.3 Å². The van der Waals surface area contributed by atoms with Gasteiger partial charge in [-0.1, -0.05) is 12.1 Å². The van der Waals surface area contributed by atoms with Gasteiger partial charge in [0.05, 0.1) is 18.2 Å². The lowest BCUT2D eigenvalue weighted by molar-refractivity contribution is -0.133. The van der Waals surface area contributed by atoms with Crippen LogP contribution in [0.25, 0.3) is 5.69 Å². The number of carbonyl (C=O) groups excluding carboxylic acids is 2. The summed E-state index contributed by atoms with van der Waals surface area (Å²) in [7, 11) is 0. The summed E-state index contributed by atoms with van der Waals surface area (Å²) in [6.07, 6.45) is 4.09. The zero-order chi connectivity index (χ0) is 19.5. The van der Waals surface area contributed by atoms with Crippen LogP contribution in [0.1, 0.15) is 25.3 Å². The fourth-order valence-electron chi connectivity index (χ4n) is 3.41. The molecule has 2 amide bonds. The molecule has 9 nitrogen and oxygen atoms in total. The fraction of sp³-hybridized carbons (Fsp3) is 0.526. The summed E-state index contributed by atoms with van der Waals surface area (Å²) in [6.45, 7) is 4.71. The number of tetrazole rings is 1. The first-order chi connectivity index (χ1) is 13.6. The molecule has 0 bridgehead atoms. The van der Waals surface area contributed by atoms with Crippen LogP contribution in [-0.4, -0.2) is 80.1 Å². The van der Waals surface area contributed by atoms with Gasteiger partial charge in [-0.15, -0.1) is 5.10 Å². The quantitative estimate of drug-likeness (QED) is 0.755. The average molecular weight is 383 g/mol. The second-order valence-electron chi connectivity index (χ2n) is 7.47. The Hall–Kier alpha value is -2.81. The molecule has 1 aromatic carbocycles. The maximum Gasteiger partial charge on any atom is 0.237 e. The highest BCUT2D eigenvalue weighted by Gasteiger charge is 2.30. The van der Waals surface area contributed by atoms with Gasteiger partial charge in [0.2, 0.25) is 11.8 Å². The molecule has 1 N–H and O–H groups in total. The molecule has 4 rings (SSSR count). The minimum absolute atomic E-state index is 0.102. The first-order valence-electron chi connectivity index (χ1n) is 9.74. The molecule has 0 radical (unpaired) electrons. The zero-order valence-corrected chi connectivity index (χ0v) is 16.0. The molecule has 1 saturated heterocycles. The van der Waals surface area contributed by atoms with E-state index in [2.05, 4.69) is 25.7 Å². The van der Waals surface area contributed by atoms with E-state index in [1.165, 1.54) is 6.33 Å². The number of hydrogen-bond donors (Lipinski definition) is 1. The topological polar surface area (TPSA) is 96.2 Å². The standard InChI is InChI=1S/C19H25N7O2/c1-14(19(28)21-16-4-5-16)24-8-10-25(11-9-24)18(27)12-15-2-6-17(7-3-15)26-13-20-22-23-26/h2-3,6-7,13-14,16H,4-5,8-12H2,1H3,(H,21,28). The third-order valence-corrected chi connectivity index (χ3v) is 5.42. The normalized spacial score (nSPS) is 18.7. The van der Waals surface area contributed by atoms with Crippen molar-refractivity contribution < 1.29 is 9.59 Å². The molecule has 1 unspecified atom stereocenters. The summed E-state index contributed by atoms with van der Waals surface area (Å²) < 4.78 is 1.57. The highest BCUT2D eigenvalue weighted by atomic mass is 16.2. The molecule has 1 atom stereocenters. The third-order valence-electron chi connectivity index (χ3n) is 5.42. The van der Waals surface area contributed by atoms with Gasteiger partial charge in [-0.05, 0) is 47.9 Å². The van der Waals surface area contributed by atoms with Gasteiger partial charge in [0.15, 0.2) is 0 Å². The van der Waals surface area contributed by atoms with E-state index in [1.807, 2.05) is 36.1 Å². The van der Waals surface area contributed by atoms with E-state index in [-0.39, 0.29) is 17.9 Å². The molecule has 1 aromatic heterocycles. The number of carbonyl (C=O) groups is 2. The lowest BCUT2D eigenvalue weighted by atomic mass is 10.1. The molecule has 2 aromatic rings. The van der Waals surface area contributed by atoms with E-state index in [0.717, 1.165) is 37.2 Å². The number of piperazine rings is 1. The molecule has 2 fully saturated rings. The molecule has 1 aliphatic carbocycles. The number of amides is 2. The Morgan fingerprint density at radius 3 is 2.46 bits per heavy atom. The molecular formula is C19H25N7O2. The van der Waals surface area contributed by atoms with E-state index in [4.69, 9.17) is 0 Å². The smallest absolute Gasteiger partial charge is 0.237 e. The summed E-state index contributed by atoms with van der Waals surface area (Å²) in [5.41, 5.74) is 1.81. The van der Waals surface area contributed by atoms with Crippen molar-refractivity contribution in [2.45, 2.75) is 38.3 Å². The molecule has 148 valence electrons. The number of hydrogen-bond acceptors (Lipinski definition) is 6. The molecule has 28 heavy (non-hydrogen) atoms. The van der Waals surface area contributed by atoms with Crippen LogP contribution in [0.4, 0.5) is 0 Å². The SMILES string of the molecule is CC(C(=O)NC1CC1)N1CCN(C(=O)Cc2ccc(-n3cnnn3)cc2)CC1. The second-order valence-corrected chi connectivity index (χ2v) is 7.47. The van der Waals surface area contributed by atoms with Crippen LogP contribution in [0.2, 0.25) is 0 Å². The van der Waals surface area contributed by atoms with Crippen LogP contribution < -0.4 is 5.32 Å². The van der Waals surface area contributed by atoms with Crippen LogP contribution >= 0.6 is 0 Å². The van der Waals surface area contributed by atoms with Gasteiger partial charge >= 0.3 is 0 Å². The third kappa shape index (κ3) is 4.36. The number of rotatable bonds is 6. The van der Waals surface area contributed by atoms with Gasteiger partial charge in [0, 0.05) is 32.2 Å². The number of nitrogens with one attached hydrogen (secondary N) is 1. The minimum Gasteiger partial charge on any atom is -0.352 e. The molecule has 9 heteroatoms. The number of nitrogens with zero attached hydrogens (tertiary/aromatic N) is 6. The van der Waals surface area contributed by atoms with Crippen molar-refractivity contribution in [3.05, 3.63) is 36.2 Å². The van der Waals surface area contributed by atoms with Gasteiger partial charge in [0.25, 0.3) is 0 Å². The van der Waals surface area contributed by atoms with Gasteiger partial charge in [0.1, 0.15) is 6.33 Å². The highest BCUT2D eigenvalue weighted by Crippen LogP contribution is 2.19. The van der Waals surface area contributed by atoms with Crippen LogP contribution in [0.15, 0.2) is 30.6 Å². The van der Waals surface area contributed by atoms with Gasteiger partial charge in [-0.25, -0.2) is 4.68 Å². The first-order valence-corrected chi connectivity index (χ1v) is 9.74. The molecule has 1 aliphatic heterocycles. The predicted molar refractivity (Wildman–Crippen MR) is 102 cm³/mol. The lowest BCUT2D eigenvalue weighted by Gasteiger charge is -2.37. The van der Waals surface area contributed by atoms with Gasteiger partial charge < -0.3 is 10.2 Å². The lowest BCUT2D eigenvalue weighted by Crippen LogP contribution is -2.55. The minimum atomic E-state index is -0.142. The molecule has 1 saturated carbocycles. The summed E-state index contributed by atoms with van der Waals surface area (Å²) in [5.74, 6) is 0.217. The van der Waals surface area contributed by atoms with E-state index in [9.17, 15) is 9.59 Å². The monoisotopic (exact) mass is 383 g/mol. The van der Waals surface area contributed by atoms with Crippen molar-refractivity contribution in [2.24, 2.45) is 0 Å². The van der Waals surface area contributed by atoms with E-state index in [0.29, 0.717) is 25.6 Å². The van der Waals surface area contributed by atoms with E-state index < -0.39 is 0 Å². The fourth-order valence-corrected chi connectivity index (χ4v) is 3.41. The van der Waals surface area contributed by atoms with Crippen LogP contribution in [-0.2, 0) is 16.0 Å². The Labute approximate surface area is 163 Å². The van der Waals surface area contributed by atoms with Crippen LogP contribution in [0.3, 0.4) is 0 Å². The highest BCUT2D eigenvalue weighted by molar-refractivity contribution is 5.82. The maximum absolute atomic E-state index is 12.6. The Morgan fingerprint density at radius 2 is 1.86 bits per heavy atom. The average Bonchev–Trinajstić information content (AvgIpc) is 3.36. The van der Waals surface area contributed by atoms with Crippen molar-refractivity contribution in [3.63, 3.8) is 0 Å². The summed E-state index contributed by atoms with van der Waals surface area (Å²) >= 11 is 0. The van der Waals surface area contributed by atoms with Crippen molar-refractivity contribution in [3.8, 4) is 5.69 Å². The Bertz CT molecular complexity index is 809. The van der Waals surface area contributed by atoms with Gasteiger partial charge in [-0.2, -0.15) is 0 Å². The van der Waals surface area contributed by atoms with Gasteiger partial charge in [-0.3, -0.25) is 14.5 Å². The molecular weight excluding hydrogens is 358 g/mol. The first kappa shape index (κ1) is 18.5. The zero-order valence-electron chi connectivity index (χ0n) is 16.0. The molecule has 2 aliphatic rings. The van der Waals surface area contributed by atoms with Crippen LogP contribution in [0.5, 0.6) is 0 Å². The second kappa shape index (κ2) is 8.05. The van der Waals surface area contributed by atoms with Crippen molar-refractivity contribution >= 4 is 11.8 Å². The number of benzene rings is 1. The summed E-state index contributed by atoms with van der Waals surface area (Å²) in [4.78, 5) is 28.9. The summed E-state index contributed by atoms with van der Waals surface area (Å²) in [5, 5.41) is 14.1.